The lowest BCUT2D eigenvalue weighted by Crippen LogP contribution is -2.50. The lowest BCUT2D eigenvalue weighted by Gasteiger charge is -2.35. The minimum Gasteiger partial charge on any atom is -0.548 e. The zero-order valence-electron chi connectivity index (χ0n) is 11.7. The van der Waals surface area contributed by atoms with Gasteiger partial charge in [0.15, 0.2) is 11.5 Å². The summed E-state index contributed by atoms with van der Waals surface area (Å²) >= 11 is 1.49. The number of ether oxygens (including phenoxy) is 2. The van der Waals surface area contributed by atoms with E-state index in [9.17, 15) is 14.7 Å². The number of carbonyl (C=O) groups is 2. The minimum absolute atomic E-state index is 0.130. The van der Waals surface area contributed by atoms with Crippen molar-refractivity contribution in [1.29, 1.82) is 0 Å². The van der Waals surface area contributed by atoms with Gasteiger partial charge in [-0.3, -0.25) is 4.79 Å². The number of hydrogen-bond donors (Lipinski definition) is 0. The normalized spacial score (nSPS) is 29.5. The summed E-state index contributed by atoms with van der Waals surface area (Å²) in [5.74, 6) is 0.357. The first kappa shape index (κ1) is 13.8. The number of carboxylic acids is 1. The number of carboxylic acid groups (broad SMARTS) is 1. The van der Waals surface area contributed by atoms with Gasteiger partial charge in [0.2, 0.25) is 5.91 Å². The van der Waals surface area contributed by atoms with Crippen LogP contribution in [0.15, 0.2) is 18.2 Å². The Morgan fingerprint density at radius 2 is 2.09 bits per heavy atom. The topological polar surface area (TPSA) is 78.9 Å². The van der Waals surface area contributed by atoms with Crippen molar-refractivity contribution in [2.45, 2.75) is 23.8 Å². The van der Waals surface area contributed by atoms with Crippen LogP contribution in [-0.4, -0.2) is 41.8 Å². The molecule has 6 nitrogen and oxygen atoms in total. The molecule has 0 radical (unpaired) electrons. The molecule has 1 amide bonds. The van der Waals surface area contributed by atoms with Crippen LogP contribution in [0.5, 0.6) is 11.5 Å². The Labute approximate surface area is 131 Å². The van der Waals surface area contributed by atoms with Crippen LogP contribution in [0.2, 0.25) is 0 Å². The van der Waals surface area contributed by atoms with Gasteiger partial charge in [0, 0.05) is 12.2 Å². The second-order valence-corrected chi connectivity index (χ2v) is 6.85. The Bertz CT molecular complexity index is 663. The smallest absolute Gasteiger partial charge is 0.224 e. The van der Waals surface area contributed by atoms with Crippen molar-refractivity contribution in [3.63, 3.8) is 0 Å². The van der Waals surface area contributed by atoms with Gasteiger partial charge < -0.3 is 24.3 Å². The first-order chi connectivity index (χ1) is 10.6. The molecule has 0 spiro atoms. The van der Waals surface area contributed by atoms with Crippen molar-refractivity contribution in [3.05, 3.63) is 23.8 Å². The van der Waals surface area contributed by atoms with Crippen LogP contribution in [0.25, 0.3) is 0 Å². The molecular weight excluding hydrogens is 306 g/mol. The van der Waals surface area contributed by atoms with Gasteiger partial charge >= 0.3 is 0 Å². The van der Waals surface area contributed by atoms with Crippen LogP contribution in [0.4, 0.5) is 0 Å². The maximum absolute atomic E-state index is 12.2. The lowest BCUT2D eigenvalue weighted by atomic mass is 10.0. The average molecular weight is 320 g/mol. The summed E-state index contributed by atoms with van der Waals surface area (Å²) in [7, 11) is 0. The number of aliphatic carboxylic acids is 1. The van der Waals surface area contributed by atoms with Gasteiger partial charge in [-0.1, -0.05) is 6.07 Å². The molecule has 2 fully saturated rings. The second kappa shape index (κ2) is 4.81. The Kier molecular flexibility index (Phi) is 3.00. The van der Waals surface area contributed by atoms with Gasteiger partial charge in [-0.25, -0.2) is 0 Å². The summed E-state index contributed by atoms with van der Waals surface area (Å²) in [5, 5.41) is 11.3. The van der Waals surface area contributed by atoms with Crippen molar-refractivity contribution >= 4 is 23.6 Å². The standard InChI is InChI=1S/C15H15NO5S/c17-13-3-4-15(16(13)10(8-22-15)14(18)19)9-1-2-11-12(7-9)21-6-5-20-11/h1-2,7,10H,3-6,8H2,(H,18,19)/p-1/t10-,15+/m0/s1. The van der Waals surface area contributed by atoms with E-state index in [0.717, 1.165) is 5.56 Å². The Balaban J connectivity index is 1.77. The molecule has 3 heterocycles. The monoisotopic (exact) mass is 320 g/mol. The van der Waals surface area contributed by atoms with Crippen LogP contribution < -0.4 is 14.6 Å². The highest BCUT2D eigenvalue weighted by atomic mass is 32.2. The van der Waals surface area contributed by atoms with E-state index >= 15 is 0 Å². The van der Waals surface area contributed by atoms with Crippen LogP contribution in [0, 0.1) is 0 Å². The van der Waals surface area contributed by atoms with Gasteiger partial charge in [-0.15, -0.1) is 11.8 Å². The number of nitrogens with zero attached hydrogens (tertiary/aromatic N) is 1. The second-order valence-electron chi connectivity index (χ2n) is 5.55. The van der Waals surface area contributed by atoms with Crippen molar-refractivity contribution in [2.75, 3.05) is 19.0 Å². The molecule has 3 aliphatic rings. The highest BCUT2D eigenvalue weighted by Gasteiger charge is 2.55. The van der Waals surface area contributed by atoms with Gasteiger partial charge in [0.25, 0.3) is 0 Å². The third-order valence-electron chi connectivity index (χ3n) is 4.39. The Hall–Kier alpha value is -1.89. The van der Waals surface area contributed by atoms with Crippen molar-refractivity contribution in [1.82, 2.24) is 4.90 Å². The van der Waals surface area contributed by atoms with E-state index in [-0.39, 0.29) is 5.91 Å². The van der Waals surface area contributed by atoms with E-state index < -0.39 is 16.9 Å². The Morgan fingerprint density at radius 1 is 1.32 bits per heavy atom. The molecule has 7 heteroatoms. The van der Waals surface area contributed by atoms with E-state index in [1.807, 2.05) is 18.2 Å². The summed E-state index contributed by atoms with van der Waals surface area (Å²) in [6.45, 7) is 1.00. The molecule has 0 aromatic heterocycles. The number of rotatable bonds is 2. The molecule has 0 N–H and O–H groups in total. The number of carbonyl (C=O) groups excluding carboxylic acids is 2. The summed E-state index contributed by atoms with van der Waals surface area (Å²) in [5.41, 5.74) is 0.886. The van der Waals surface area contributed by atoms with Crippen LogP contribution >= 0.6 is 11.8 Å². The molecule has 2 atom stereocenters. The summed E-state index contributed by atoms with van der Waals surface area (Å²) in [6, 6.07) is 4.72. The van der Waals surface area contributed by atoms with Crippen molar-refractivity contribution in [2.24, 2.45) is 0 Å². The fourth-order valence-corrected chi connectivity index (χ4v) is 5.03. The molecule has 1 aromatic carbocycles. The summed E-state index contributed by atoms with van der Waals surface area (Å²) in [4.78, 5) is 24.4. The molecule has 0 bridgehead atoms. The van der Waals surface area contributed by atoms with Gasteiger partial charge in [-0.05, 0) is 24.1 Å². The molecule has 0 saturated carbocycles. The maximum atomic E-state index is 12.2. The highest BCUT2D eigenvalue weighted by Crippen LogP contribution is 2.55. The molecule has 116 valence electrons. The third kappa shape index (κ3) is 1.81. The zero-order valence-corrected chi connectivity index (χ0v) is 12.6. The average Bonchev–Trinajstić information content (AvgIpc) is 3.06. The molecule has 3 aliphatic heterocycles. The number of benzene rings is 1. The van der Waals surface area contributed by atoms with Gasteiger partial charge in [0.05, 0.1) is 12.0 Å². The Morgan fingerprint density at radius 3 is 2.86 bits per heavy atom. The SMILES string of the molecule is O=C([O-])[C@@H]1CS[C@@]2(c3ccc4c(c3)OCCO4)CCC(=O)N12. The fourth-order valence-electron chi connectivity index (χ4n) is 3.40. The number of amides is 1. The fraction of sp³-hybridized carbons (Fsp3) is 0.467. The zero-order chi connectivity index (χ0) is 15.3. The molecule has 22 heavy (non-hydrogen) atoms. The van der Waals surface area contributed by atoms with Crippen molar-refractivity contribution < 1.29 is 24.2 Å². The molecule has 4 rings (SSSR count). The predicted molar refractivity (Wildman–Crippen MR) is 76.4 cm³/mol. The van der Waals surface area contributed by atoms with Crippen LogP contribution in [0.1, 0.15) is 18.4 Å². The number of fused-ring (bicyclic) bond motifs is 2. The van der Waals surface area contributed by atoms with Gasteiger partial charge in [-0.2, -0.15) is 0 Å². The van der Waals surface area contributed by atoms with E-state index in [1.54, 1.807) is 0 Å². The van der Waals surface area contributed by atoms with Crippen molar-refractivity contribution in [3.8, 4) is 11.5 Å². The van der Waals surface area contributed by atoms with Crippen LogP contribution in [0.3, 0.4) is 0 Å². The molecule has 0 unspecified atom stereocenters. The number of hydrogen-bond acceptors (Lipinski definition) is 6. The quantitative estimate of drug-likeness (QED) is 0.769. The highest BCUT2D eigenvalue weighted by molar-refractivity contribution is 8.00. The third-order valence-corrected chi connectivity index (χ3v) is 5.99. The summed E-state index contributed by atoms with van der Waals surface area (Å²) in [6.07, 6.45) is 0.950. The molecule has 2 saturated heterocycles. The maximum Gasteiger partial charge on any atom is 0.224 e. The van der Waals surface area contributed by atoms with E-state index in [2.05, 4.69) is 0 Å². The van der Waals surface area contributed by atoms with E-state index in [1.165, 1.54) is 16.7 Å². The lowest BCUT2D eigenvalue weighted by molar-refractivity contribution is -0.310. The first-order valence-corrected chi connectivity index (χ1v) is 8.17. The minimum atomic E-state index is -1.19. The largest absolute Gasteiger partial charge is 0.548 e. The van der Waals surface area contributed by atoms with E-state index in [4.69, 9.17) is 9.47 Å². The molecule has 0 aliphatic carbocycles. The van der Waals surface area contributed by atoms with E-state index in [0.29, 0.717) is 43.3 Å². The van der Waals surface area contributed by atoms with Crippen LogP contribution in [-0.2, 0) is 14.5 Å². The number of thioether (sulfide) groups is 1. The summed E-state index contributed by atoms with van der Waals surface area (Å²) < 4.78 is 11.1. The van der Waals surface area contributed by atoms with Gasteiger partial charge in [0.1, 0.15) is 18.1 Å². The first-order valence-electron chi connectivity index (χ1n) is 7.19. The molecule has 1 aromatic rings. The predicted octanol–water partition coefficient (Wildman–Crippen LogP) is 0.0983. The molecular formula is C15H14NO5S-.